The molecule has 0 saturated heterocycles. The molecule has 0 heterocycles. The van der Waals surface area contributed by atoms with Gasteiger partial charge in [-0.2, -0.15) is 0 Å². The molecule has 20 heavy (non-hydrogen) atoms. The lowest BCUT2D eigenvalue weighted by molar-refractivity contribution is 0.594. The molecule has 0 radical (unpaired) electrons. The van der Waals surface area contributed by atoms with E-state index in [9.17, 15) is 12.8 Å². The molecule has 4 nitrogen and oxygen atoms in total. The fraction of sp³-hybridized carbons (Fsp3) is 0.143. The standard InChI is InChI=1S/C14H15FN2O2S/c1-17(13-7-5-12(15)6-8-13)20(18,19)14-4-2-3-11(9-14)10-16/h2-9H,10,16H2,1H3. The first kappa shape index (κ1) is 14.5. The highest BCUT2D eigenvalue weighted by atomic mass is 32.2. The van der Waals surface area contributed by atoms with Gasteiger partial charge in [-0.1, -0.05) is 12.1 Å². The summed E-state index contributed by atoms with van der Waals surface area (Å²) in [5.74, 6) is -0.412. The van der Waals surface area contributed by atoms with E-state index in [1.54, 1.807) is 12.1 Å². The van der Waals surface area contributed by atoms with Gasteiger partial charge >= 0.3 is 0 Å². The first-order valence-electron chi connectivity index (χ1n) is 5.98. The number of halogens is 1. The molecule has 2 aromatic carbocycles. The van der Waals surface area contributed by atoms with Gasteiger partial charge in [0.15, 0.2) is 0 Å². The Balaban J connectivity index is 2.40. The Morgan fingerprint density at radius 1 is 1.15 bits per heavy atom. The first-order chi connectivity index (χ1) is 9.45. The van der Waals surface area contributed by atoms with Gasteiger partial charge in [0.25, 0.3) is 10.0 Å². The molecule has 0 spiro atoms. The van der Waals surface area contributed by atoms with Crippen LogP contribution in [0.25, 0.3) is 0 Å². The molecule has 0 aliphatic rings. The highest BCUT2D eigenvalue weighted by molar-refractivity contribution is 7.92. The van der Waals surface area contributed by atoms with Crippen molar-refractivity contribution < 1.29 is 12.8 Å². The Morgan fingerprint density at radius 2 is 1.80 bits per heavy atom. The summed E-state index contributed by atoms with van der Waals surface area (Å²) in [5, 5.41) is 0. The Morgan fingerprint density at radius 3 is 2.40 bits per heavy atom. The maximum Gasteiger partial charge on any atom is 0.264 e. The maximum atomic E-state index is 12.9. The average Bonchev–Trinajstić information content (AvgIpc) is 2.47. The smallest absolute Gasteiger partial charge is 0.264 e. The predicted octanol–water partition coefficient (Wildman–Crippen LogP) is 2.11. The third-order valence-electron chi connectivity index (χ3n) is 2.98. The fourth-order valence-corrected chi connectivity index (χ4v) is 3.05. The van der Waals surface area contributed by atoms with Crippen molar-refractivity contribution in [2.45, 2.75) is 11.4 Å². The van der Waals surface area contributed by atoms with Crippen molar-refractivity contribution in [2.24, 2.45) is 5.73 Å². The third-order valence-corrected chi connectivity index (χ3v) is 4.76. The van der Waals surface area contributed by atoms with Crippen molar-refractivity contribution in [2.75, 3.05) is 11.4 Å². The van der Waals surface area contributed by atoms with Crippen molar-refractivity contribution in [1.29, 1.82) is 0 Å². The van der Waals surface area contributed by atoms with Gasteiger partial charge in [0.2, 0.25) is 0 Å². The van der Waals surface area contributed by atoms with E-state index < -0.39 is 15.8 Å². The summed E-state index contributed by atoms with van der Waals surface area (Å²) < 4.78 is 39.0. The monoisotopic (exact) mass is 294 g/mol. The van der Waals surface area contributed by atoms with Crippen molar-refractivity contribution >= 4 is 15.7 Å². The second-order valence-electron chi connectivity index (χ2n) is 4.30. The van der Waals surface area contributed by atoms with Crippen LogP contribution in [0.15, 0.2) is 53.4 Å². The quantitative estimate of drug-likeness (QED) is 0.939. The molecular formula is C14H15FN2O2S. The van der Waals surface area contributed by atoms with Gasteiger partial charge in [-0.15, -0.1) is 0 Å². The molecule has 2 aromatic rings. The van der Waals surface area contributed by atoms with Crippen LogP contribution in [-0.4, -0.2) is 15.5 Å². The lowest BCUT2D eigenvalue weighted by atomic mass is 10.2. The number of nitrogens with zero attached hydrogens (tertiary/aromatic N) is 1. The van der Waals surface area contributed by atoms with E-state index >= 15 is 0 Å². The molecule has 0 fully saturated rings. The molecule has 0 aliphatic heterocycles. The Bertz CT molecular complexity index is 699. The summed E-state index contributed by atoms with van der Waals surface area (Å²) in [7, 11) is -2.25. The Kier molecular flexibility index (Phi) is 4.06. The number of hydrogen-bond acceptors (Lipinski definition) is 3. The van der Waals surface area contributed by atoms with E-state index in [4.69, 9.17) is 5.73 Å². The minimum absolute atomic E-state index is 0.160. The number of rotatable bonds is 4. The largest absolute Gasteiger partial charge is 0.326 e. The van der Waals surface area contributed by atoms with E-state index in [0.717, 1.165) is 9.87 Å². The normalized spacial score (nSPS) is 11.3. The van der Waals surface area contributed by atoms with E-state index in [2.05, 4.69) is 0 Å². The topological polar surface area (TPSA) is 63.4 Å². The van der Waals surface area contributed by atoms with E-state index in [0.29, 0.717) is 5.69 Å². The molecule has 6 heteroatoms. The number of nitrogens with two attached hydrogens (primary N) is 1. The summed E-state index contributed by atoms with van der Waals surface area (Å²) in [6, 6.07) is 11.7. The molecular weight excluding hydrogens is 279 g/mol. The predicted molar refractivity (Wildman–Crippen MR) is 76.3 cm³/mol. The lowest BCUT2D eigenvalue weighted by Gasteiger charge is -2.19. The van der Waals surface area contributed by atoms with Crippen molar-refractivity contribution in [3.63, 3.8) is 0 Å². The van der Waals surface area contributed by atoms with Gasteiger partial charge < -0.3 is 5.73 Å². The van der Waals surface area contributed by atoms with Gasteiger partial charge in [0, 0.05) is 13.6 Å². The van der Waals surface area contributed by atoms with Gasteiger partial charge in [-0.05, 0) is 42.0 Å². The molecule has 2 rings (SSSR count). The summed E-state index contributed by atoms with van der Waals surface area (Å²) >= 11 is 0. The minimum atomic E-state index is -3.68. The number of anilines is 1. The highest BCUT2D eigenvalue weighted by Crippen LogP contribution is 2.22. The van der Waals surface area contributed by atoms with Crippen LogP contribution in [0.1, 0.15) is 5.56 Å². The molecule has 0 unspecified atom stereocenters. The molecule has 0 aromatic heterocycles. The van der Waals surface area contributed by atoms with Crippen molar-refractivity contribution in [1.82, 2.24) is 0 Å². The summed E-state index contributed by atoms with van der Waals surface area (Å²) in [4.78, 5) is 0.160. The van der Waals surface area contributed by atoms with Gasteiger partial charge in [0.1, 0.15) is 5.82 Å². The second-order valence-corrected chi connectivity index (χ2v) is 6.27. The van der Waals surface area contributed by atoms with Crippen LogP contribution in [0, 0.1) is 5.82 Å². The van der Waals surface area contributed by atoms with Crippen molar-refractivity contribution in [3.8, 4) is 0 Å². The van der Waals surface area contributed by atoms with Crippen LogP contribution >= 0.6 is 0 Å². The summed E-state index contributed by atoms with van der Waals surface area (Å²) in [6.45, 7) is 0.267. The third kappa shape index (κ3) is 2.81. The Labute approximate surface area is 117 Å². The van der Waals surface area contributed by atoms with Crippen LogP contribution in [0.2, 0.25) is 0 Å². The zero-order chi connectivity index (χ0) is 14.8. The van der Waals surface area contributed by atoms with Crippen LogP contribution < -0.4 is 10.0 Å². The van der Waals surface area contributed by atoms with E-state index in [-0.39, 0.29) is 11.4 Å². The summed E-state index contributed by atoms with van der Waals surface area (Å²) in [6.07, 6.45) is 0. The molecule has 2 N–H and O–H groups in total. The number of benzene rings is 2. The van der Waals surface area contributed by atoms with Crippen LogP contribution in [0.5, 0.6) is 0 Å². The lowest BCUT2D eigenvalue weighted by Crippen LogP contribution is -2.26. The first-order valence-corrected chi connectivity index (χ1v) is 7.42. The van der Waals surface area contributed by atoms with Crippen LogP contribution in [0.3, 0.4) is 0 Å². The fourth-order valence-electron chi connectivity index (χ4n) is 1.78. The van der Waals surface area contributed by atoms with E-state index in [1.165, 1.54) is 43.4 Å². The maximum absolute atomic E-state index is 12.9. The average molecular weight is 294 g/mol. The highest BCUT2D eigenvalue weighted by Gasteiger charge is 2.21. The molecule has 0 bridgehead atoms. The van der Waals surface area contributed by atoms with E-state index in [1.807, 2.05) is 0 Å². The van der Waals surface area contributed by atoms with Crippen LogP contribution in [-0.2, 0) is 16.6 Å². The number of hydrogen-bond donors (Lipinski definition) is 1. The minimum Gasteiger partial charge on any atom is -0.326 e. The van der Waals surface area contributed by atoms with Gasteiger partial charge in [0.05, 0.1) is 10.6 Å². The Hall–Kier alpha value is -1.92. The zero-order valence-electron chi connectivity index (χ0n) is 11.0. The van der Waals surface area contributed by atoms with Gasteiger partial charge in [-0.25, -0.2) is 12.8 Å². The molecule has 0 amide bonds. The van der Waals surface area contributed by atoms with Crippen LogP contribution in [0.4, 0.5) is 10.1 Å². The molecule has 106 valence electrons. The second kappa shape index (κ2) is 5.60. The summed E-state index contributed by atoms with van der Waals surface area (Å²) in [5.41, 5.74) is 6.64. The molecule has 0 aliphatic carbocycles. The van der Waals surface area contributed by atoms with Gasteiger partial charge in [-0.3, -0.25) is 4.31 Å². The molecule has 0 atom stereocenters. The SMILES string of the molecule is CN(c1ccc(F)cc1)S(=O)(=O)c1cccc(CN)c1. The van der Waals surface area contributed by atoms with Crippen molar-refractivity contribution in [3.05, 3.63) is 59.9 Å². The number of sulfonamides is 1. The zero-order valence-corrected chi connectivity index (χ0v) is 11.8. The molecule has 0 saturated carbocycles.